The number of pyridine rings is 1. The molecule has 0 aliphatic heterocycles. The molecular formula is C12H8Cl3NO. The smallest absolute Gasteiger partial charge is 0.135 e. The van der Waals surface area contributed by atoms with Crippen molar-refractivity contribution in [3.63, 3.8) is 0 Å². The minimum Gasteiger partial charge on any atom is -0.384 e. The Balaban J connectivity index is 2.40. The first-order valence-corrected chi connectivity index (χ1v) is 5.96. The van der Waals surface area contributed by atoms with Crippen molar-refractivity contribution in [3.05, 3.63) is 62.9 Å². The van der Waals surface area contributed by atoms with Gasteiger partial charge in [-0.15, -0.1) is 0 Å². The van der Waals surface area contributed by atoms with Crippen LogP contribution in [0.1, 0.15) is 17.2 Å². The number of halogens is 3. The Bertz CT molecular complexity index is 545. The van der Waals surface area contributed by atoms with Crippen molar-refractivity contribution < 1.29 is 5.11 Å². The second kappa shape index (κ2) is 5.23. The predicted molar refractivity (Wildman–Crippen MR) is 69.8 cm³/mol. The Labute approximate surface area is 114 Å². The third kappa shape index (κ3) is 2.72. The summed E-state index contributed by atoms with van der Waals surface area (Å²) >= 11 is 17.6. The van der Waals surface area contributed by atoms with Crippen molar-refractivity contribution >= 4 is 34.8 Å². The first-order valence-electron chi connectivity index (χ1n) is 4.83. The molecule has 0 fully saturated rings. The van der Waals surface area contributed by atoms with Crippen molar-refractivity contribution in [2.24, 2.45) is 0 Å². The number of aliphatic hydroxyl groups is 1. The molecule has 2 aromatic rings. The lowest BCUT2D eigenvalue weighted by atomic mass is 10.0. The third-order valence-corrected chi connectivity index (χ3v) is 3.40. The minimum atomic E-state index is -0.869. The van der Waals surface area contributed by atoms with Crippen LogP contribution in [-0.4, -0.2) is 10.1 Å². The largest absolute Gasteiger partial charge is 0.384 e. The molecule has 1 heterocycles. The maximum Gasteiger partial charge on any atom is 0.135 e. The lowest BCUT2D eigenvalue weighted by molar-refractivity contribution is 0.220. The molecule has 1 aromatic heterocycles. The summed E-state index contributed by atoms with van der Waals surface area (Å²) in [5.74, 6) is 0. The SMILES string of the molecule is OC(c1ccc(Cl)c(Cl)c1)c1cccnc1Cl. The first-order chi connectivity index (χ1) is 8.09. The lowest BCUT2D eigenvalue weighted by Gasteiger charge is -2.13. The van der Waals surface area contributed by atoms with Gasteiger partial charge in [-0.2, -0.15) is 0 Å². The molecule has 2 nitrogen and oxygen atoms in total. The Kier molecular flexibility index (Phi) is 3.89. The van der Waals surface area contributed by atoms with E-state index in [1.807, 2.05) is 0 Å². The summed E-state index contributed by atoms with van der Waals surface area (Å²) in [7, 11) is 0. The summed E-state index contributed by atoms with van der Waals surface area (Å²) in [6.45, 7) is 0. The van der Waals surface area contributed by atoms with Crippen LogP contribution in [0.3, 0.4) is 0 Å². The number of hydrogen-bond acceptors (Lipinski definition) is 2. The normalized spacial score (nSPS) is 12.5. The zero-order valence-corrected chi connectivity index (χ0v) is 10.8. The van der Waals surface area contributed by atoms with Crippen LogP contribution in [0.2, 0.25) is 15.2 Å². The fourth-order valence-corrected chi connectivity index (χ4v) is 1.99. The van der Waals surface area contributed by atoms with E-state index in [4.69, 9.17) is 34.8 Å². The lowest BCUT2D eigenvalue weighted by Crippen LogP contribution is -2.01. The van der Waals surface area contributed by atoms with E-state index >= 15 is 0 Å². The van der Waals surface area contributed by atoms with Crippen LogP contribution >= 0.6 is 34.8 Å². The average molecular weight is 289 g/mol. The second-order valence-corrected chi connectivity index (χ2v) is 4.63. The number of hydrogen-bond donors (Lipinski definition) is 1. The van der Waals surface area contributed by atoms with Gasteiger partial charge in [0, 0.05) is 11.8 Å². The number of benzene rings is 1. The van der Waals surface area contributed by atoms with Gasteiger partial charge in [-0.3, -0.25) is 0 Å². The number of rotatable bonds is 2. The summed E-state index contributed by atoms with van der Waals surface area (Å²) in [5.41, 5.74) is 1.15. The number of aliphatic hydroxyl groups excluding tert-OH is 1. The maximum absolute atomic E-state index is 10.2. The topological polar surface area (TPSA) is 33.1 Å². The van der Waals surface area contributed by atoms with Crippen molar-refractivity contribution in [1.29, 1.82) is 0 Å². The van der Waals surface area contributed by atoms with Gasteiger partial charge in [0.05, 0.1) is 10.0 Å². The molecule has 0 spiro atoms. The van der Waals surface area contributed by atoms with Gasteiger partial charge < -0.3 is 5.11 Å². The Morgan fingerprint density at radius 2 is 1.82 bits per heavy atom. The molecule has 1 aromatic carbocycles. The predicted octanol–water partition coefficient (Wildman–Crippen LogP) is 4.12. The van der Waals surface area contributed by atoms with E-state index in [2.05, 4.69) is 4.98 Å². The van der Waals surface area contributed by atoms with Crippen LogP contribution in [0.4, 0.5) is 0 Å². The molecule has 0 radical (unpaired) electrons. The van der Waals surface area contributed by atoms with Crippen LogP contribution < -0.4 is 0 Å². The fourth-order valence-electron chi connectivity index (χ4n) is 1.46. The molecule has 0 saturated carbocycles. The third-order valence-electron chi connectivity index (χ3n) is 2.34. The zero-order chi connectivity index (χ0) is 12.4. The van der Waals surface area contributed by atoms with Gasteiger partial charge in [-0.1, -0.05) is 46.9 Å². The van der Waals surface area contributed by atoms with Gasteiger partial charge in [0.1, 0.15) is 11.3 Å². The monoisotopic (exact) mass is 287 g/mol. The van der Waals surface area contributed by atoms with Gasteiger partial charge in [0.15, 0.2) is 0 Å². The molecule has 0 saturated heterocycles. The molecule has 1 atom stereocenters. The van der Waals surface area contributed by atoms with E-state index in [0.29, 0.717) is 21.2 Å². The zero-order valence-electron chi connectivity index (χ0n) is 8.57. The van der Waals surface area contributed by atoms with Gasteiger partial charge in [0.2, 0.25) is 0 Å². The van der Waals surface area contributed by atoms with E-state index in [9.17, 15) is 5.11 Å². The molecule has 1 unspecified atom stereocenters. The van der Waals surface area contributed by atoms with E-state index in [0.717, 1.165) is 0 Å². The number of aromatic nitrogens is 1. The van der Waals surface area contributed by atoms with Gasteiger partial charge in [0.25, 0.3) is 0 Å². The van der Waals surface area contributed by atoms with Crippen LogP contribution in [0.5, 0.6) is 0 Å². The summed E-state index contributed by atoms with van der Waals surface area (Å²) in [5, 5.41) is 11.3. The van der Waals surface area contributed by atoms with E-state index < -0.39 is 6.10 Å². The molecule has 0 aliphatic carbocycles. The average Bonchev–Trinajstić information content (AvgIpc) is 2.32. The summed E-state index contributed by atoms with van der Waals surface area (Å²) in [4.78, 5) is 3.91. The Morgan fingerprint density at radius 3 is 2.47 bits per heavy atom. The van der Waals surface area contributed by atoms with Gasteiger partial charge >= 0.3 is 0 Å². The second-order valence-electron chi connectivity index (χ2n) is 3.46. The Morgan fingerprint density at radius 1 is 1.06 bits per heavy atom. The molecule has 0 bridgehead atoms. The summed E-state index contributed by atoms with van der Waals surface area (Å²) < 4.78 is 0. The molecule has 0 aliphatic rings. The fraction of sp³-hybridized carbons (Fsp3) is 0.0833. The molecule has 0 amide bonds. The van der Waals surface area contributed by atoms with Crippen LogP contribution in [-0.2, 0) is 0 Å². The highest BCUT2D eigenvalue weighted by molar-refractivity contribution is 6.42. The quantitative estimate of drug-likeness (QED) is 0.843. The highest BCUT2D eigenvalue weighted by Gasteiger charge is 2.15. The molecular weight excluding hydrogens is 280 g/mol. The molecule has 88 valence electrons. The van der Waals surface area contributed by atoms with Gasteiger partial charge in [-0.05, 0) is 23.8 Å². The van der Waals surface area contributed by atoms with Gasteiger partial charge in [-0.25, -0.2) is 4.98 Å². The van der Waals surface area contributed by atoms with Crippen molar-refractivity contribution in [2.45, 2.75) is 6.10 Å². The Hall–Kier alpha value is -0.800. The molecule has 17 heavy (non-hydrogen) atoms. The van der Waals surface area contributed by atoms with Crippen molar-refractivity contribution in [3.8, 4) is 0 Å². The van der Waals surface area contributed by atoms with Crippen LogP contribution in [0, 0.1) is 0 Å². The highest BCUT2D eigenvalue weighted by atomic mass is 35.5. The maximum atomic E-state index is 10.2. The molecule has 5 heteroatoms. The van der Waals surface area contributed by atoms with E-state index in [1.54, 1.807) is 36.5 Å². The van der Waals surface area contributed by atoms with Crippen LogP contribution in [0.15, 0.2) is 36.5 Å². The van der Waals surface area contributed by atoms with E-state index in [1.165, 1.54) is 0 Å². The minimum absolute atomic E-state index is 0.270. The highest BCUT2D eigenvalue weighted by Crippen LogP contribution is 2.30. The molecule has 2 rings (SSSR count). The van der Waals surface area contributed by atoms with Crippen molar-refractivity contribution in [2.75, 3.05) is 0 Å². The van der Waals surface area contributed by atoms with Crippen molar-refractivity contribution in [1.82, 2.24) is 4.98 Å². The first kappa shape index (κ1) is 12.7. The summed E-state index contributed by atoms with van der Waals surface area (Å²) in [6, 6.07) is 8.36. The van der Waals surface area contributed by atoms with Crippen LogP contribution in [0.25, 0.3) is 0 Å². The van der Waals surface area contributed by atoms with E-state index in [-0.39, 0.29) is 5.15 Å². The summed E-state index contributed by atoms with van der Waals surface area (Å²) in [6.07, 6.45) is 0.693. The standard InChI is InChI=1S/C12H8Cl3NO/c13-9-4-3-7(6-10(9)14)11(17)8-2-1-5-16-12(8)15/h1-6,11,17H. The molecule has 1 N–H and O–H groups in total. The number of nitrogens with zero attached hydrogens (tertiary/aromatic N) is 1.